The second-order valence-corrected chi connectivity index (χ2v) is 4.35. The Morgan fingerprint density at radius 3 is 2.59 bits per heavy atom. The topological polar surface area (TPSA) is 105 Å². The minimum atomic E-state index is -0.967. The lowest BCUT2D eigenvalue weighted by molar-refractivity contribution is -0.137. The van der Waals surface area contributed by atoms with E-state index in [1.807, 2.05) is 0 Å². The molecule has 1 aromatic rings. The molecular formula is C15H18N2O5. The Hall–Kier alpha value is -2.83. The molecule has 0 aliphatic rings. The molecule has 0 spiro atoms. The van der Waals surface area contributed by atoms with Gasteiger partial charge < -0.3 is 9.84 Å². The third kappa shape index (κ3) is 6.08. The number of ether oxygens (including phenoxy) is 1. The largest absolute Gasteiger partial charge is 0.489 e. The predicted octanol–water partition coefficient (Wildman–Crippen LogP) is 1.27. The summed E-state index contributed by atoms with van der Waals surface area (Å²) < 4.78 is 5.35. The maximum absolute atomic E-state index is 12.0. The van der Waals surface area contributed by atoms with Crippen LogP contribution in [0.25, 0.3) is 0 Å². The van der Waals surface area contributed by atoms with Gasteiger partial charge >= 0.3 is 5.97 Å². The lowest BCUT2D eigenvalue weighted by atomic mass is 10.2. The van der Waals surface area contributed by atoms with Crippen molar-refractivity contribution in [1.29, 1.82) is 0 Å². The molecule has 1 rings (SSSR count). The standard InChI is InChI=1S/C15H18N2O5/c1-2-10-22-12-7-4-3-6-11(12)15(21)17-16-13(18)8-5-9-14(19)20/h2-4,6-7H,1,5,8-10H2,(H,16,18)(H,17,21)(H,19,20). The highest BCUT2D eigenvalue weighted by atomic mass is 16.5. The minimum Gasteiger partial charge on any atom is -0.489 e. The van der Waals surface area contributed by atoms with E-state index < -0.39 is 17.8 Å². The number of rotatable bonds is 8. The zero-order valence-electron chi connectivity index (χ0n) is 12.0. The van der Waals surface area contributed by atoms with Crippen LogP contribution in [0.2, 0.25) is 0 Å². The number of benzene rings is 1. The van der Waals surface area contributed by atoms with Crippen LogP contribution < -0.4 is 15.6 Å². The molecule has 2 amide bonds. The first-order valence-electron chi connectivity index (χ1n) is 6.68. The molecule has 7 heteroatoms. The normalized spacial score (nSPS) is 9.64. The lowest BCUT2D eigenvalue weighted by Crippen LogP contribution is -2.41. The first-order chi connectivity index (χ1) is 10.5. The number of hydrazine groups is 1. The molecule has 0 aliphatic carbocycles. The first kappa shape index (κ1) is 17.2. The number of carboxylic acids is 1. The summed E-state index contributed by atoms with van der Waals surface area (Å²) in [6.07, 6.45) is 1.68. The Kier molecular flexibility index (Phi) is 7.18. The molecule has 0 bridgehead atoms. The molecule has 0 unspecified atom stereocenters. The Morgan fingerprint density at radius 1 is 1.18 bits per heavy atom. The van der Waals surface area contributed by atoms with Crippen molar-refractivity contribution >= 4 is 17.8 Å². The zero-order chi connectivity index (χ0) is 16.4. The summed E-state index contributed by atoms with van der Waals surface area (Å²) in [4.78, 5) is 33.8. The summed E-state index contributed by atoms with van der Waals surface area (Å²) in [7, 11) is 0. The van der Waals surface area contributed by atoms with E-state index in [1.54, 1.807) is 30.3 Å². The fraction of sp³-hybridized carbons (Fsp3) is 0.267. The van der Waals surface area contributed by atoms with Gasteiger partial charge in [-0.15, -0.1) is 0 Å². The molecule has 22 heavy (non-hydrogen) atoms. The Morgan fingerprint density at radius 2 is 1.91 bits per heavy atom. The molecule has 0 saturated heterocycles. The highest BCUT2D eigenvalue weighted by molar-refractivity contribution is 5.97. The molecule has 1 aromatic carbocycles. The van der Waals surface area contributed by atoms with Crippen molar-refractivity contribution in [3.8, 4) is 5.75 Å². The van der Waals surface area contributed by atoms with Gasteiger partial charge in [-0.05, 0) is 18.6 Å². The van der Waals surface area contributed by atoms with Gasteiger partial charge in [0.25, 0.3) is 5.91 Å². The van der Waals surface area contributed by atoms with Gasteiger partial charge in [-0.1, -0.05) is 24.8 Å². The molecule has 3 N–H and O–H groups in total. The molecular weight excluding hydrogens is 288 g/mol. The Bertz CT molecular complexity index is 557. The highest BCUT2D eigenvalue weighted by Crippen LogP contribution is 2.17. The quantitative estimate of drug-likeness (QED) is 0.495. The summed E-state index contributed by atoms with van der Waals surface area (Å²) in [5, 5.41) is 8.47. The van der Waals surface area contributed by atoms with E-state index in [-0.39, 0.29) is 31.4 Å². The van der Waals surface area contributed by atoms with Crippen LogP contribution in [-0.4, -0.2) is 29.5 Å². The van der Waals surface area contributed by atoms with E-state index in [1.165, 1.54) is 0 Å². The number of para-hydroxylation sites is 1. The third-order valence-corrected chi connectivity index (χ3v) is 2.60. The van der Waals surface area contributed by atoms with Crippen LogP contribution in [0.4, 0.5) is 0 Å². The number of hydrogen-bond acceptors (Lipinski definition) is 4. The molecule has 7 nitrogen and oxygen atoms in total. The highest BCUT2D eigenvalue weighted by Gasteiger charge is 2.12. The summed E-state index contributed by atoms with van der Waals surface area (Å²) >= 11 is 0. The van der Waals surface area contributed by atoms with Crippen LogP contribution in [0.5, 0.6) is 5.75 Å². The van der Waals surface area contributed by atoms with Crippen molar-refractivity contribution in [1.82, 2.24) is 10.9 Å². The number of carboxylic acid groups (broad SMARTS) is 1. The smallest absolute Gasteiger partial charge is 0.303 e. The average Bonchev–Trinajstić information content (AvgIpc) is 2.50. The van der Waals surface area contributed by atoms with E-state index >= 15 is 0 Å². The Balaban J connectivity index is 2.49. The van der Waals surface area contributed by atoms with Crippen molar-refractivity contribution in [2.45, 2.75) is 19.3 Å². The summed E-state index contributed by atoms with van der Waals surface area (Å²) in [6, 6.07) is 6.58. The maximum Gasteiger partial charge on any atom is 0.303 e. The van der Waals surface area contributed by atoms with Gasteiger partial charge in [-0.2, -0.15) is 0 Å². The van der Waals surface area contributed by atoms with Crippen molar-refractivity contribution in [2.24, 2.45) is 0 Å². The van der Waals surface area contributed by atoms with E-state index in [0.717, 1.165) is 0 Å². The van der Waals surface area contributed by atoms with E-state index in [0.29, 0.717) is 5.75 Å². The molecule has 0 saturated carbocycles. The van der Waals surface area contributed by atoms with Crippen LogP contribution >= 0.6 is 0 Å². The van der Waals surface area contributed by atoms with Gasteiger partial charge in [-0.25, -0.2) is 0 Å². The molecule has 0 aliphatic heterocycles. The summed E-state index contributed by atoms with van der Waals surface area (Å²) in [5.41, 5.74) is 4.77. The maximum atomic E-state index is 12.0. The van der Waals surface area contributed by atoms with Gasteiger partial charge in [0.15, 0.2) is 0 Å². The number of carbonyl (C=O) groups is 3. The second-order valence-electron chi connectivity index (χ2n) is 4.35. The lowest BCUT2D eigenvalue weighted by Gasteiger charge is -2.11. The summed E-state index contributed by atoms with van der Waals surface area (Å²) in [6.45, 7) is 3.78. The van der Waals surface area contributed by atoms with Gasteiger partial charge in [0.2, 0.25) is 5.91 Å². The SMILES string of the molecule is C=CCOc1ccccc1C(=O)NNC(=O)CCCC(=O)O. The fourth-order valence-corrected chi connectivity index (χ4v) is 1.59. The van der Waals surface area contributed by atoms with Gasteiger partial charge in [-0.3, -0.25) is 25.2 Å². The first-order valence-corrected chi connectivity index (χ1v) is 6.68. The average molecular weight is 306 g/mol. The van der Waals surface area contributed by atoms with Gasteiger partial charge in [0.05, 0.1) is 5.56 Å². The number of aliphatic carboxylic acids is 1. The van der Waals surface area contributed by atoms with Crippen molar-refractivity contribution < 1.29 is 24.2 Å². The number of amides is 2. The van der Waals surface area contributed by atoms with Crippen LogP contribution in [0, 0.1) is 0 Å². The number of carbonyl (C=O) groups excluding carboxylic acids is 2. The van der Waals surface area contributed by atoms with Crippen molar-refractivity contribution in [2.75, 3.05) is 6.61 Å². The van der Waals surface area contributed by atoms with E-state index in [4.69, 9.17) is 9.84 Å². The van der Waals surface area contributed by atoms with Crippen molar-refractivity contribution in [3.05, 3.63) is 42.5 Å². The van der Waals surface area contributed by atoms with E-state index in [9.17, 15) is 14.4 Å². The minimum absolute atomic E-state index is 0.0151. The van der Waals surface area contributed by atoms with E-state index in [2.05, 4.69) is 17.4 Å². The molecule has 0 atom stereocenters. The molecule has 118 valence electrons. The van der Waals surface area contributed by atoms with Crippen molar-refractivity contribution in [3.63, 3.8) is 0 Å². The van der Waals surface area contributed by atoms with Gasteiger partial charge in [0, 0.05) is 12.8 Å². The third-order valence-electron chi connectivity index (χ3n) is 2.60. The number of nitrogens with one attached hydrogen (secondary N) is 2. The summed E-state index contributed by atoms with van der Waals surface area (Å²) in [5.74, 6) is -1.57. The molecule has 0 fully saturated rings. The van der Waals surface area contributed by atoms with Crippen LogP contribution in [0.1, 0.15) is 29.6 Å². The second kappa shape index (κ2) is 9.17. The Labute approximate surface area is 127 Å². The molecule has 0 aromatic heterocycles. The van der Waals surface area contributed by atoms with Crippen LogP contribution in [-0.2, 0) is 9.59 Å². The van der Waals surface area contributed by atoms with Crippen LogP contribution in [0.15, 0.2) is 36.9 Å². The molecule has 0 radical (unpaired) electrons. The monoisotopic (exact) mass is 306 g/mol. The number of hydrogen-bond donors (Lipinski definition) is 3. The zero-order valence-corrected chi connectivity index (χ0v) is 12.0. The fourth-order valence-electron chi connectivity index (χ4n) is 1.59. The predicted molar refractivity (Wildman–Crippen MR) is 79.2 cm³/mol. The van der Waals surface area contributed by atoms with Gasteiger partial charge in [0.1, 0.15) is 12.4 Å². The molecule has 0 heterocycles. The van der Waals surface area contributed by atoms with Crippen LogP contribution in [0.3, 0.4) is 0 Å².